The predicted octanol–water partition coefficient (Wildman–Crippen LogP) is 3.64. The summed E-state index contributed by atoms with van der Waals surface area (Å²) in [6, 6.07) is 11.6. The third-order valence-corrected chi connectivity index (χ3v) is 5.12. The van der Waals surface area contributed by atoms with Gasteiger partial charge < -0.3 is 4.90 Å². The molecule has 23 heavy (non-hydrogen) atoms. The molecule has 2 aromatic rings. The maximum atomic E-state index is 4.85. The Morgan fingerprint density at radius 2 is 2.00 bits per heavy atom. The molecule has 3 heteroatoms. The predicted molar refractivity (Wildman–Crippen MR) is 97.1 cm³/mol. The van der Waals surface area contributed by atoms with Crippen molar-refractivity contribution in [2.45, 2.75) is 32.2 Å². The third-order valence-electron chi connectivity index (χ3n) is 5.12. The zero-order chi connectivity index (χ0) is 15.6. The number of aryl methyl sites for hydroxylation is 1. The van der Waals surface area contributed by atoms with Crippen molar-refractivity contribution in [1.29, 1.82) is 0 Å². The topological polar surface area (TPSA) is 19.4 Å². The van der Waals surface area contributed by atoms with Gasteiger partial charge in [0.25, 0.3) is 0 Å². The van der Waals surface area contributed by atoms with Crippen LogP contribution >= 0.6 is 0 Å². The van der Waals surface area contributed by atoms with Crippen LogP contribution in [0.25, 0.3) is 10.9 Å². The number of benzene rings is 1. The van der Waals surface area contributed by atoms with Crippen LogP contribution < -0.4 is 4.90 Å². The van der Waals surface area contributed by atoms with Crippen LogP contribution in [0.2, 0.25) is 0 Å². The molecule has 0 bridgehead atoms. The highest BCUT2D eigenvalue weighted by atomic mass is 15.3. The molecule has 3 heterocycles. The molecule has 2 aliphatic heterocycles. The van der Waals surface area contributed by atoms with Gasteiger partial charge in [0.2, 0.25) is 0 Å². The molecule has 1 aromatic carbocycles. The van der Waals surface area contributed by atoms with Gasteiger partial charge in [0.1, 0.15) is 0 Å². The van der Waals surface area contributed by atoms with Gasteiger partial charge in [-0.1, -0.05) is 43.7 Å². The molecule has 0 saturated carbocycles. The van der Waals surface area contributed by atoms with Gasteiger partial charge >= 0.3 is 0 Å². The summed E-state index contributed by atoms with van der Waals surface area (Å²) >= 11 is 0. The fourth-order valence-corrected chi connectivity index (χ4v) is 3.91. The maximum absolute atomic E-state index is 4.85. The summed E-state index contributed by atoms with van der Waals surface area (Å²) in [4.78, 5) is 10.0. The number of hydrogen-bond acceptors (Lipinski definition) is 3. The Kier molecular flexibility index (Phi) is 4.04. The Labute approximate surface area is 138 Å². The number of aromatic nitrogens is 1. The molecule has 1 aromatic heterocycles. The molecule has 4 rings (SSSR count). The van der Waals surface area contributed by atoms with Crippen LogP contribution in [0.5, 0.6) is 0 Å². The smallest absolute Gasteiger partial charge is 0.0726 e. The Morgan fingerprint density at radius 3 is 2.83 bits per heavy atom. The third kappa shape index (κ3) is 2.86. The van der Waals surface area contributed by atoms with Crippen LogP contribution in [0.3, 0.4) is 0 Å². The van der Waals surface area contributed by atoms with Gasteiger partial charge in [-0.3, -0.25) is 9.88 Å². The maximum Gasteiger partial charge on any atom is 0.0726 e. The molecule has 1 fully saturated rings. The summed E-state index contributed by atoms with van der Waals surface area (Å²) < 4.78 is 0. The minimum atomic E-state index is 0.687. The van der Waals surface area contributed by atoms with Crippen molar-refractivity contribution in [3.63, 3.8) is 0 Å². The van der Waals surface area contributed by atoms with Crippen molar-refractivity contribution in [2.75, 3.05) is 31.1 Å². The van der Waals surface area contributed by atoms with E-state index in [4.69, 9.17) is 4.98 Å². The van der Waals surface area contributed by atoms with Gasteiger partial charge in [0.15, 0.2) is 0 Å². The number of anilines is 1. The lowest BCUT2D eigenvalue weighted by Crippen LogP contribution is -2.35. The Hall–Kier alpha value is -1.87. The molecule has 2 aliphatic rings. The first-order chi connectivity index (χ1) is 11.3. The van der Waals surface area contributed by atoms with E-state index in [0.717, 1.165) is 44.5 Å². The molecule has 0 aliphatic carbocycles. The van der Waals surface area contributed by atoms with E-state index >= 15 is 0 Å². The first-order valence-corrected chi connectivity index (χ1v) is 8.88. The summed E-state index contributed by atoms with van der Waals surface area (Å²) in [5.41, 5.74) is 3.75. The van der Waals surface area contributed by atoms with Crippen molar-refractivity contribution in [3.8, 4) is 0 Å². The van der Waals surface area contributed by atoms with E-state index in [1.54, 1.807) is 0 Å². The van der Waals surface area contributed by atoms with Crippen LogP contribution in [0.4, 0.5) is 5.69 Å². The number of rotatable bonds is 4. The van der Waals surface area contributed by atoms with Gasteiger partial charge in [0, 0.05) is 49.0 Å². The van der Waals surface area contributed by atoms with Crippen LogP contribution in [-0.4, -0.2) is 42.1 Å². The highest BCUT2D eigenvalue weighted by Gasteiger charge is 2.29. The van der Waals surface area contributed by atoms with E-state index in [1.165, 1.54) is 23.2 Å². The number of hydrogen-bond donors (Lipinski definition) is 0. The van der Waals surface area contributed by atoms with Crippen molar-refractivity contribution in [1.82, 2.24) is 9.88 Å². The minimum absolute atomic E-state index is 0.687. The van der Waals surface area contributed by atoms with E-state index in [9.17, 15) is 0 Å². The molecule has 0 N–H and O–H groups in total. The lowest BCUT2D eigenvalue weighted by molar-refractivity contribution is 0.271. The Balaban J connectivity index is 1.65. The second kappa shape index (κ2) is 6.32. The van der Waals surface area contributed by atoms with Crippen LogP contribution in [0.1, 0.15) is 25.5 Å². The molecular formula is C20H25N3. The zero-order valence-corrected chi connectivity index (χ0v) is 13.9. The van der Waals surface area contributed by atoms with E-state index in [-0.39, 0.29) is 0 Å². The van der Waals surface area contributed by atoms with E-state index < -0.39 is 0 Å². The van der Waals surface area contributed by atoms with Crippen LogP contribution in [0, 0.1) is 0 Å². The Morgan fingerprint density at radius 1 is 1.17 bits per heavy atom. The van der Waals surface area contributed by atoms with Gasteiger partial charge in [-0.05, 0) is 25.0 Å². The summed E-state index contributed by atoms with van der Waals surface area (Å²) in [7, 11) is 0. The number of para-hydroxylation sites is 1. The fraction of sp³-hybridized carbons (Fsp3) is 0.450. The van der Waals surface area contributed by atoms with Crippen LogP contribution in [-0.2, 0) is 6.42 Å². The lowest BCUT2D eigenvalue weighted by Gasteiger charge is -2.25. The zero-order valence-electron chi connectivity index (χ0n) is 13.9. The second-order valence-corrected chi connectivity index (χ2v) is 6.71. The minimum Gasteiger partial charge on any atom is -0.369 e. The highest BCUT2D eigenvalue weighted by molar-refractivity contribution is 5.92. The first kappa shape index (κ1) is 14.7. The molecule has 0 radical (unpaired) electrons. The van der Waals surface area contributed by atoms with Crippen molar-refractivity contribution in [3.05, 3.63) is 48.2 Å². The van der Waals surface area contributed by atoms with Crippen molar-refractivity contribution < 1.29 is 0 Å². The average molecular weight is 307 g/mol. The first-order valence-electron chi connectivity index (χ1n) is 8.88. The molecule has 3 nitrogen and oxygen atoms in total. The molecule has 0 spiro atoms. The van der Waals surface area contributed by atoms with Crippen molar-refractivity contribution in [2.24, 2.45) is 0 Å². The summed E-state index contributed by atoms with van der Waals surface area (Å²) in [6.07, 6.45) is 8.06. The lowest BCUT2D eigenvalue weighted by atomic mass is 10.1. The second-order valence-electron chi connectivity index (χ2n) is 6.71. The summed E-state index contributed by atoms with van der Waals surface area (Å²) in [6.45, 7) is 6.76. The molecule has 1 atom stereocenters. The van der Waals surface area contributed by atoms with E-state index in [0.29, 0.717) is 6.04 Å². The van der Waals surface area contributed by atoms with Crippen LogP contribution in [0.15, 0.2) is 42.5 Å². The van der Waals surface area contributed by atoms with Gasteiger partial charge in [-0.25, -0.2) is 0 Å². The van der Waals surface area contributed by atoms with Gasteiger partial charge in [-0.15, -0.1) is 0 Å². The molecular weight excluding hydrogens is 282 g/mol. The van der Waals surface area contributed by atoms with Gasteiger partial charge in [-0.2, -0.15) is 0 Å². The molecule has 1 unspecified atom stereocenters. The summed E-state index contributed by atoms with van der Waals surface area (Å²) in [5, 5.41) is 1.30. The number of nitrogens with zero attached hydrogens (tertiary/aromatic N) is 3. The average Bonchev–Trinajstić information content (AvgIpc) is 3.25. The summed E-state index contributed by atoms with van der Waals surface area (Å²) in [5.74, 6) is 0. The van der Waals surface area contributed by atoms with Crippen molar-refractivity contribution >= 4 is 16.6 Å². The highest BCUT2D eigenvalue weighted by Crippen LogP contribution is 2.31. The molecule has 0 amide bonds. The normalized spacial score (nSPS) is 21.6. The standard InChI is InChI=1S/C20H25N3/c1-2-7-16-14-20(18-8-3-4-9-19(18)21-16)23-13-10-17(15-23)22-11-5-6-12-22/h3-6,8-9,14,17H,2,7,10-13,15H2,1H3. The van der Waals surface area contributed by atoms with E-state index in [1.807, 2.05) is 0 Å². The Bertz CT molecular complexity index is 714. The fourth-order valence-electron chi connectivity index (χ4n) is 3.91. The van der Waals surface area contributed by atoms with Gasteiger partial charge in [0.05, 0.1) is 5.52 Å². The largest absolute Gasteiger partial charge is 0.369 e. The SMILES string of the molecule is CCCc1cc(N2CCC(N3CC=CC3)C2)c2ccccc2n1. The number of pyridine rings is 1. The monoisotopic (exact) mass is 307 g/mol. The molecule has 120 valence electrons. The number of fused-ring (bicyclic) bond motifs is 1. The molecule has 1 saturated heterocycles. The van der Waals surface area contributed by atoms with E-state index in [2.05, 4.69) is 59.2 Å². The quantitative estimate of drug-likeness (QED) is 0.804.